The van der Waals surface area contributed by atoms with Crippen molar-refractivity contribution < 1.29 is 9.32 Å². The number of rotatable bonds is 8. The normalized spacial score (nSPS) is 12.1. The largest absolute Gasteiger partial charge is 0.356 e. The van der Waals surface area contributed by atoms with Crippen molar-refractivity contribution in [2.24, 2.45) is 5.92 Å². The first-order valence-corrected chi connectivity index (χ1v) is 9.02. The molecule has 1 unspecified atom stereocenters. The number of hydrogen-bond acceptors (Lipinski definition) is 6. The number of aryl methyl sites for hydroxylation is 3. The highest BCUT2D eigenvalue weighted by molar-refractivity contribution is 5.76. The molecular formula is C19H24N6O2. The summed E-state index contributed by atoms with van der Waals surface area (Å²) in [7, 11) is 0. The van der Waals surface area contributed by atoms with Gasteiger partial charge in [0.05, 0.1) is 5.69 Å². The Morgan fingerprint density at radius 3 is 2.93 bits per heavy atom. The predicted molar refractivity (Wildman–Crippen MR) is 99.7 cm³/mol. The minimum atomic E-state index is -0.0312. The van der Waals surface area contributed by atoms with Crippen LogP contribution in [0.15, 0.2) is 35.1 Å². The highest BCUT2D eigenvalue weighted by Crippen LogP contribution is 2.14. The van der Waals surface area contributed by atoms with Crippen molar-refractivity contribution in [2.75, 3.05) is 6.54 Å². The summed E-state index contributed by atoms with van der Waals surface area (Å²) in [5, 5.41) is 11.3. The van der Waals surface area contributed by atoms with E-state index in [0.717, 1.165) is 23.5 Å². The molecule has 0 saturated carbocycles. The summed E-state index contributed by atoms with van der Waals surface area (Å²) in [5.41, 5.74) is 2.93. The minimum absolute atomic E-state index is 0.0312. The summed E-state index contributed by atoms with van der Waals surface area (Å²) in [5.74, 6) is 1.18. The molecule has 0 fully saturated rings. The van der Waals surface area contributed by atoms with Crippen LogP contribution in [0.1, 0.15) is 30.6 Å². The van der Waals surface area contributed by atoms with Crippen LogP contribution in [0.25, 0.3) is 11.4 Å². The Hall–Kier alpha value is -3.03. The van der Waals surface area contributed by atoms with Gasteiger partial charge in [0.15, 0.2) is 0 Å². The molecule has 0 aromatic carbocycles. The van der Waals surface area contributed by atoms with Crippen LogP contribution in [-0.4, -0.2) is 37.4 Å². The van der Waals surface area contributed by atoms with Crippen LogP contribution in [0.4, 0.5) is 0 Å². The number of nitrogens with one attached hydrogen (secondary N) is 1. The summed E-state index contributed by atoms with van der Waals surface area (Å²) in [6.45, 7) is 7.48. The molecule has 0 aliphatic rings. The smallest absolute Gasteiger partial charge is 0.227 e. The van der Waals surface area contributed by atoms with Crippen molar-refractivity contribution >= 4 is 5.91 Å². The van der Waals surface area contributed by atoms with Crippen LogP contribution in [0.3, 0.4) is 0 Å². The van der Waals surface area contributed by atoms with Gasteiger partial charge in [0.2, 0.25) is 17.6 Å². The van der Waals surface area contributed by atoms with Gasteiger partial charge < -0.3 is 9.84 Å². The fourth-order valence-corrected chi connectivity index (χ4v) is 2.79. The lowest BCUT2D eigenvalue weighted by Crippen LogP contribution is -2.30. The van der Waals surface area contributed by atoms with E-state index in [1.807, 2.05) is 30.7 Å². The highest BCUT2D eigenvalue weighted by atomic mass is 16.5. The van der Waals surface area contributed by atoms with E-state index in [9.17, 15) is 4.79 Å². The number of aromatic nitrogens is 5. The first kappa shape index (κ1) is 18.8. The Bertz CT molecular complexity index is 887. The van der Waals surface area contributed by atoms with Crippen LogP contribution < -0.4 is 5.32 Å². The minimum Gasteiger partial charge on any atom is -0.356 e. The summed E-state index contributed by atoms with van der Waals surface area (Å²) in [6.07, 6.45) is 4.07. The van der Waals surface area contributed by atoms with Gasteiger partial charge >= 0.3 is 0 Å². The van der Waals surface area contributed by atoms with Gasteiger partial charge in [0.1, 0.15) is 0 Å². The molecular weight excluding hydrogens is 344 g/mol. The summed E-state index contributed by atoms with van der Waals surface area (Å²) >= 11 is 0. The molecule has 0 aliphatic heterocycles. The lowest BCUT2D eigenvalue weighted by atomic mass is 10.1. The Balaban J connectivity index is 1.42. The average molecular weight is 368 g/mol. The van der Waals surface area contributed by atoms with Gasteiger partial charge in [-0.3, -0.25) is 14.5 Å². The van der Waals surface area contributed by atoms with Crippen LogP contribution in [0, 0.1) is 19.8 Å². The third-order valence-corrected chi connectivity index (χ3v) is 4.19. The van der Waals surface area contributed by atoms with E-state index in [1.54, 1.807) is 12.4 Å². The van der Waals surface area contributed by atoms with Crippen LogP contribution in [0.5, 0.6) is 0 Å². The third-order valence-electron chi connectivity index (χ3n) is 4.19. The zero-order valence-electron chi connectivity index (χ0n) is 15.8. The molecule has 3 rings (SSSR count). The van der Waals surface area contributed by atoms with Crippen molar-refractivity contribution in [3.8, 4) is 11.4 Å². The zero-order chi connectivity index (χ0) is 19.2. The lowest BCUT2D eigenvalue weighted by Gasteiger charge is -2.13. The predicted octanol–water partition coefficient (Wildman–Crippen LogP) is 2.33. The molecule has 0 spiro atoms. The van der Waals surface area contributed by atoms with E-state index in [4.69, 9.17) is 4.52 Å². The molecule has 1 N–H and O–H groups in total. The van der Waals surface area contributed by atoms with Crippen molar-refractivity contribution in [2.45, 2.75) is 40.2 Å². The number of pyridine rings is 1. The molecule has 27 heavy (non-hydrogen) atoms. The second-order valence-electron chi connectivity index (χ2n) is 6.77. The van der Waals surface area contributed by atoms with Gasteiger partial charge in [-0.05, 0) is 38.0 Å². The van der Waals surface area contributed by atoms with Crippen LogP contribution in [0.2, 0.25) is 0 Å². The topological polar surface area (TPSA) is 98.7 Å². The molecule has 8 heteroatoms. The highest BCUT2D eigenvalue weighted by Gasteiger charge is 2.12. The zero-order valence-corrected chi connectivity index (χ0v) is 15.8. The monoisotopic (exact) mass is 368 g/mol. The van der Waals surface area contributed by atoms with Crippen LogP contribution >= 0.6 is 0 Å². The Kier molecular flexibility index (Phi) is 5.95. The molecule has 3 aromatic heterocycles. The first-order chi connectivity index (χ1) is 13.0. The van der Waals surface area contributed by atoms with Crippen molar-refractivity contribution in [1.82, 2.24) is 30.2 Å². The standard InChI is InChI=1S/C19H24N6O2/c1-13(12-25-15(3)9-14(2)23-25)10-21-17(26)6-7-18-22-19(24-27-18)16-5-4-8-20-11-16/h4-5,8-9,11,13H,6-7,10,12H2,1-3H3,(H,21,26). The van der Waals surface area contributed by atoms with Gasteiger partial charge in [-0.1, -0.05) is 12.1 Å². The number of carbonyl (C=O) groups excluding carboxylic acids is 1. The van der Waals surface area contributed by atoms with Gasteiger partial charge in [-0.2, -0.15) is 10.1 Å². The number of nitrogens with zero attached hydrogens (tertiary/aromatic N) is 5. The first-order valence-electron chi connectivity index (χ1n) is 9.02. The van der Waals surface area contributed by atoms with Crippen molar-refractivity contribution in [1.29, 1.82) is 0 Å². The quantitative estimate of drug-likeness (QED) is 0.655. The van der Waals surface area contributed by atoms with Crippen molar-refractivity contribution in [3.63, 3.8) is 0 Å². The maximum absolute atomic E-state index is 12.1. The SMILES string of the molecule is Cc1cc(C)n(CC(C)CNC(=O)CCc2nc(-c3cccnc3)no2)n1. The number of amides is 1. The molecule has 3 heterocycles. The maximum Gasteiger partial charge on any atom is 0.227 e. The summed E-state index contributed by atoms with van der Waals surface area (Å²) in [4.78, 5) is 20.4. The molecule has 0 radical (unpaired) electrons. The third kappa shape index (κ3) is 5.22. The molecule has 3 aromatic rings. The van der Waals surface area contributed by atoms with Gasteiger partial charge in [0, 0.05) is 49.6 Å². The molecule has 1 amide bonds. The van der Waals surface area contributed by atoms with E-state index >= 15 is 0 Å². The lowest BCUT2D eigenvalue weighted by molar-refractivity contribution is -0.121. The Labute approximate surface area is 158 Å². The second kappa shape index (κ2) is 8.57. The summed E-state index contributed by atoms with van der Waals surface area (Å²) < 4.78 is 7.19. The molecule has 0 aliphatic carbocycles. The Morgan fingerprint density at radius 1 is 1.37 bits per heavy atom. The van der Waals surface area contributed by atoms with Crippen LogP contribution in [-0.2, 0) is 17.8 Å². The fraction of sp³-hybridized carbons (Fsp3) is 0.421. The number of carbonyl (C=O) groups is 1. The fourth-order valence-electron chi connectivity index (χ4n) is 2.79. The maximum atomic E-state index is 12.1. The molecule has 1 atom stereocenters. The average Bonchev–Trinajstić information content (AvgIpc) is 3.25. The molecule has 142 valence electrons. The molecule has 0 bridgehead atoms. The van der Waals surface area contributed by atoms with Crippen molar-refractivity contribution in [3.05, 3.63) is 47.9 Å². The molecule has 0 saturated heterocycles. The Morgan fingerprint density at radius 2 is 2.22 bits per heavy atom. The van der Waals surface area contributed by atoms with E-state index in [0.29, 0.717) is 31.1 Å². The van der Waals surface area contributed by atoms with E-state index < -0.39 is 0 Å². The summed E-state index contributed by atoms with van der Waals surface area (Å²) in [6, 6.07) is 5.72. The number of hydrogen-bond donors (Lipinski definition) is 1. The van der Waals surface area contributed by atoms with E-state index in [1.165, 1.54) is 0 Å². The second-order valence-corrected chi connectivity index (χ2v) is 6.77. The van der Waals surface area contributed by atoms with E-state index in [2.05, 4.69) is 38.5 Å². The van der Waals surface area contributed by atoms with Gasteiger partial charge in [-0.25, -0.2) is 0 Å². The van der Waals surface area contributed by atoms with Gasteiger partial charge in [-0.15, -0.1) is 0 Å². The van der Waals surface area contributed by atoms with Gasteiger partial charge in [0.25, 0.3) is 0 Å². The molecule has 8 nitrogen and oxygen atoms in total. The van der Waals surface area contributed by atoms with E-state index in [-0.39, 0.29) is 11.8 Å².